The molecule has 1 aromatic heterocycles. The third kappa shape index (κ3) is 3.69. The van der Waals surface area contributed by atoms with Crippen molar-refractivity contribution < 1.29 is 0 Å². The van der Waals surface area contributed by atoms with Gasteiger partial charge in [-0.15, -0.1) is 0 Å². The van der Waals surface area contributed by atoms with Crippen LogP contribution >= 0.6 is 0 Å². The summed E-state index contributed by atoms with van der Waals surface area (Å²) in [6.07, 6.45) is 5.08. The molecule has 0 amide bonds. The highest BCUT2D eigenvalue weighted by Crippen LogP contribution is 2.26. The first-order valence-corrected chi connectivity index (χ1v) is 7.88. The zero-order valence-electron chi connectivity index (χ0n) is 13.3. The average molecular weight is 276 g/mol. The third-order valence-corrected chi connectivity index (χ3v) is 4.02. The van der Waals surface area contributed by atoms with Crippen molar-refractivity contribution in [3.8, 4) is 0 Å². The van der Waals surface area contributed by atoms with Crippen LogP contribution < -0.4 is 10.2 Å². The lowest BCUT2D eigenvalue weighted by Gasteiger charge is -2.37. The maximum absolute atomic E-state index is 4.81. The number of piperidine rings is 1. The van der Waals surface area contributed by atoms with Crippen LogP contribution in [0.15, 0.2) is 6.07 Å². The molecule has 1 saturated heterocycles. The van der Waals surface area contributed by atoms with Crippen molar-refractivity contribution in [2.24, 2.45) is 0 Å². The van der Waals surface area contributed by atoms with E-state index in [1.807, 2.05) is 7.05 Å². The van der Waals surface area contributed by atoms with Crippen LogP contribution in [0.4, 0.5) is 5.82 Å². The molecule has 0 bridgehead atoms. The van der Waals surface area contributed by atoms with Gasteiger partial charge in [-0.25, -0.2) is 9.97 Å². The molecule has 4 nitrogen and oxygen atoms in total. The fraction of sp³-hybridized carbons (Fsp3) is 0.750. The van der Waals surface area contributed by atoms with E-state index in [4.69, 9.17) is 4.98 Å². The monoisotopic (exact) mass is 276 g/mol. The molecule has 20 heavy (non-hydrogen) atoms. The zero-order valence-corrected chi connectivity index (χ0v) is 13.3. The van der Waals surface area contributed by atoms with Crippen molar-refractivity contribution in [3.63, 3.8) is 0 Å². The number of aromatic nitrogens is 2. The Morgan fingerprint density at radius 2 is 2.15 bits per heavy atom. The SMILES string of the molecule is CNCCC1CCCCN1c1cc(C)nc(C(C)C)n1. The molecule has 1 unspecified atom stereocenters. The maximum Gasteiger partial charge on any atom is 0.133 e. The molecule has 1 aliphatic rings. The standard InChI is InChI=1S/C16H28N4/c1-12(2)16-18-13(3)11-15(19-16)20-10-6-5-7-14(20)8-9-17-4/h11-12,14,17H,5-10H2,1-4H3. The van der Waals surface area contributed by atoms with Crippen LogP contribution in [0.1, 0.15) is 57.0 Å². The molecule has 112 valence electrons. The van der Waals surface area contributed by atoms with E-state index in [9.17, 15) is 0 Å². The Hall–Kier alpha value is -1.16. The van der Waals surface area contributed by atoms with Gasteiger partial charge in [0, 0.05) is 30.3 Å². The quantitative estimate of drug-likeness (QED) is 0.898. The second-order valence-corrected chi connectivity index (χ2v) is 6.12. The predicted molar refractivity (Wildman–Crippen MR) is 84.4 cm³/mol. The van der Waals surface area contributed by atoms with E-state index in [1.54, 1.807) is 0 Å². The number of nitrogens with one attached hydrogen (secondary N) is 1. The first-order chi connectivity index (χ1) is 9.61. The Morgan fingerprint density at radius 3 is 2.85 bits per heavy atom. The van der Waals surface area contributed by atoms with Gasteiger partial charge in [0.2, 0.25) is 0 Å². The summed E-state index contributed by atoms with van der Waals surface area (Å²) >= 11 is 0. The van der Waals surface area contributed by atoms with Crippen LogP contribution in [0.3, 0.4) is 0 Å². The normalized spacial score (nSPS) is 19.6. The molecule has 1 aliphatic heterocycles. The van der Waals surface area contributed by atoms with Crippen LogP contribution in [-0.2, 0) is 0 Å². The topological polar surface area (TPSA) is 41.0 Å². The molecule has 2 rings (SSSR count). The number of hydrogen-bond acceptors (Lipinski definition) is 4. The minimum atomic E-state index is 0.384. The summed E-state index contributed by atoms with van der Waals surface area (Å²) < 4.78 is 0. The molecular weight excluding hydrogens is 248 g/mol. The molecule has 2 heterocycles. The largest absolute Gasteiger partial charge is 0.353 e. The Balaban J connectivity index is 2.22. The minimum absolute atomic E-state index is 0.384. The molecule has 0 spiro atoms. The average Bonchev–Trinajstić information content (AvgIpc) is 2.44. The van der Waals surface area contributed by atoms with Crippen molar-refractivity contribution in [3.05, 3.63) is 17.6 Å². The first kappa shape index (κ1) is 15.2. The highest BCUT2D eigenvalue weighted by atomic mass is 15.2. The van der Waals surface area contributed by atoms with Gasteiger partial charge >= 0.3 is 0 Å². The third-order valence-electron chi connectivity index (χ3n) is 4.02. The van der Waals surface area contributed by atoms with Crippen LogP contribution in [-0.4, -0.2) is 36.1 Å². The lowest BCUT2D eigenvalue weighted by atomic mass is 9.99. The van der Waals surface area contributed by atoms with Crippen molar-refractivity contribution in [1.82, 2.24) is 15.3 Å². The Bertz CT molecular complexity index is 430. The van der Waals surface area contributed by atoms with Gasteiger partial charge in [0.05, 0.1) is 0 Å². The molecule has 0 radical (unpaired) electrons. The fourth-order valence-corrected chi connectivity index (χ4v) is 2.89. The van der Waals surface area contributed by atoms with E-state index >= 15 is 0 Å². The second-order valence-electron chi connectivity index (χ2n) is 6.12. The first-order valence-electron chi connectivity index (χ1n) is 7.88. The van der Waals surface area contributed by atoms with Gasteiger partial charge < -0.3 is 10.2 Å². The summed E-state index contributed by atoms with van der Waals surface area (Å²) in [6.45, 7) is 8.59. The van der Waals surface area contributed by atoms with Gasteiger partial charge in [-0.3, -0.25) is 0 Å². The van der Waals surface area contributed by atoms with E-state index in [-0.39, 0.29) is 0 Å². The molecule has 0 aliphatic carbocycles. The zero-order chi connectivity index (χ0) is 14.5. The van der Waals surface area contributed by atoms with Crippen molar-refractivity contribution in [2.45, 2.75) is 58.4 Å². The summed E-state index contributed by atoms with van der Waals surface area (Å²) in [5.41, 5.74) is 1.08. The molecule has 0 saturated carbocycles. The van der Waals surface area contributed by atoms with Gasteiger partial charge in [0.1, 0.15) is 11.6 Å². The van der Waals surface area contributed by atoms with Crippen LogP contribution in [0, 0.1) is 6.92 Å². The minimum Gasteiger partial charge on any atom is -0.353 e. The second kappa shape index (κ2) is 7.02. The van der Waals surface area contributed by atoms with Gasteiger partial charge in [0.15, 0.2) is 0 Å². The molecule has 4 heteroatoms. The molecule has 1 fully saturated rings. The molecule has 1 N–H and O–H groups in total. The van der Waals surface area contributed by atoms with Gasteiger partial charge in [-0.2, -0.15) is 0 Å². The lowest BCUT2D eigenvalue weighted by molar-refractivity contribution is 0.429. The summed E-state index contributed by atoms with van der Waals surface area (Å²) in [6, 6.07) is 2.76. The Kier molecular flexibility index (Phi) is 5.35. The highest BCUT2D eigenvalue weighted by molar-refractivity contribution is 5.42. The summed E-state index contributed by atoms with van der Waals surface area (Å²) in [7, 11) is 2.03. The van der Waals surface area contributed by atoms with E-state index in [0.29, 0.717) is 12.0 Å². The fourth-order valence-electron chi connectivity index (χ4n) is 2.89. The summed E-state index contributed by atoms with van der Waals surface area (Å²) in [4.78, 5) is 11.9. The molecule has 1 atom stereocenters. The number of nitrogens with zero attached hydrogens (tertiary/aromatic N) is 3. The number of anilines is 1. The Morgan fingerprint density at radius 1 is 1.35 bits per heavy atom. The number of aryl methyl sites for hydroxylation is 1. The smallest absolute Gasteiger partial charge is 0.133 e. The van der Waals surface area contributed by atoms with E-state index in [1.165, 1.54) is 25.7 Å². The summed E-state index contributed by atoms with van der Waals surface area (Å²) in [5.74, 6) is 2.48. The van der Waals surface area contributed by atoms with Crippen LogP contribution in [0.2, 0.25) is 0 Å². The number of rotatable bonds is 5. The summed E-state index contributed by atoms with van der Waals surface area (Å²) in [5, 5.41) is 3.27. The predicted octanol–water partition coefficient (Wildman–Crippen LogP) is 2.88. The van der Waals surface area contributed by atoms with E-state index in [0.717, 1.165) is 30.4 Å². The van der Waals surface area contributed by atoms with Gasteiger partial charge in [-0.05, 0) is 46.2 Å². The Labute approximate surface area is 123 Å². The van der Waals surface area contributed by atoms with E-state index in [2.05, 4.69) is 42.0 Å². The van der Waals surface area contributed by atoms with Gasteiger partial charge in [0.25, 0.3) is 0 Å². The lowest BCUT2D eigenvalue weighted by Crippen LogP contribution is -2.41. The molecular formula is C16H28N4. The van der Waals surface area contributed by atoms with Crippen molar-refractivity contribution in [1.29, 1.82) is 0 Å². The number of hydrogen-bond donors (Lipinski definition) is 1. The maximum atomic E-state index is 4.81. The van der Waals surface area contributed by atoms with Crippen LogP contribution in [0.25, 0.3) is 0 Å². The van der Waals surface area contributed by atoms with Crippen molar-refractivity contribution >= 4 is 5.82 Å². The van der Waals surface area contributed by atoms with Crippen LogP contribution in [0.5, 0.6) is 0 Å². The molecule has 1 aromatic rings. The highest BCUT2D eigenvalue weighted by Gasteiger charge is 2.24. The van der Waals surface area contributed by atoms with Gasteiger partial charge in [-0.1, -0.05) is 13.8 Å². The molecule has 0 aromatic carbocycles. The van der Waals surface area contributed by atoms with E-state index < -0.39 is 0 Å². The van der Waals surface area contributed by atoms with Crippen molar-refractivity contribution in [2.75, 3.05) is 25.0 Å².